The molecule has 0 aromatic heterocycles. The molecule has 2 aliphatic carbocycles. The van der Waals surface area contributed by atoms with Gasteiger partial charge in [-0.25, -0.2) is 8.42 Å². The van der Waals surface area contributed by atoms with Crippen molar-refractivity contribution in [3.8, 4) is 0 Å². The van der Waals surface area contributed by atoms with Gasteiger partial charge < -0.3 is 4.90 Å². The van der Waals surface area contributed by atoms with Crippen molar-refractivity contribution in [2.45, 2.75) is 62.4 Å². The molecule has 2 aliphatic rings. The number of aryl methyl sites for hydroxylation is 1. The molecule has 1 aromatic rings. The highest BCUT2D eigenvalue weighted by molar-refractivity contribution is 7.90. The smallest absolute Gasteiger partial charge is 0.254 e. The van der Waals surface area contributed by atoms with Crippen LogP contribution in [-0.2, 0) is 9.84 Å². The lowest BCUT2D eigenvalue weighted by Gasteiger charge is -2.46. The fourth-order valence-corrected chi connectivity index (χ4v) is 3.81. The Morgan fingerprint density at radius 3 is 2.05 bits per heavy atom. The summed E-state index contributed by atoms with van der Waals surface area (Å²) in [6.45, 7) is 1.87. The summed E-state index contributed by atoms with van der Waals surface area (Å²) in [5, 5.41) is 0. The maximum Gasteiger partial charge on any atom is 0.254 e. The van der Waals surface area contributed by atoms with Crippen LogP contribution in [0.4, 0.5) is 0 Å². The van der Waals surface area contributed by atoms with Crippen molar-refractivity contribution in [1.29, 1.82) is 0 Å². The van der Waals surface area contributed by atoms with Crippen LogP contribution in [0.3, 0.4) is 0 Å². The van der Waals surface area contributed by atoms with Gasteiger partial charge in [-0.2, -0.15) is 0 Å². The van der Waals surface area contributed by atoms with Gasteiger partial charge in [-0.15, -0.1) is 0 Å². The lowest BCUT2D eigenvalue weighted by atomic mass is 9.84. The average Bonchev–Trinajstić information content (AvgIpc) is 2.32. The number of carbonyl (C=O) groups is 1. The second kappa shape index (κ2) is 5.69. The van der Waals surface area contributed by atoms with Crippen LogP contribution in [0.5, 0.6) is 0 Å². The summed E-state index contributed by atoms with van der Waals surface area (Å²) in [7, 11) is -3.30. The predicted molar refractivity (Wildman–Crippen MR) is 85.7 cm³/mol. The van der Waals surface area contributed by atoms with Crippen LogP contribution in [0.15, 0.2) is 23.1 Å². The van der Waals surface area contributed by atoms with E-state index in [2.05, 4.69) is 0 Å². The van der Waals surface area contributed by atoms with Gasteiger partial charge >= 0.3 is 0 Å². The molecule has 0 spiro atoms. The van der Waals surface area contributed by atoms with E-state index < -0.39 is 9.84 Å². The molecular weight excluding hydrogens is 298 g/mol. The number of nitrogens with zero attached hydrogens (tertiary/aromatic N) is 1. The van der Waals surface area contributed by atoms with E-state index in [0.717, 1.165) is 31.2 Å². The van der Waals surface area contributed by atoms with Gasteiger partial charge in [0, 0.05) is 23.9 Å². The third-order valence-corrected chi connectivity index (χ3v) is 6.15. The Morgan fingerprint density at radius 1 is 1.09 bits per heavy atom. The molecular formula is C17H23NO3S. The standard InChI is InChI=1S/C17H23NO3S/c1-12-9-10-15(22(2,20)21)11-16(12)17(19)18(13-5-3-6-13)14-7-4-8-14/h9-11,13-14H,3-8H2,1-2H3. The summed E-state index contributed by atoms with van der Waals surface area (Å²) in [5.41, 5.74) is 1.39. The zero-order valence-corrected chi connectivity index (χ0v) is 14.0. The average molecular weight is 321 g/mol. The van der Waals surface area contributed by atoms with Crippen molar-refractivity contribution < 1.29 is 13.2 Å². The second-order valence-corrected chi connectivity index (χ2v) is 8.65. The van der Waals surface area contributed by atoms with E-state index in [9.17, 15) is 13.2 Å². The molecule has 0 unspecified atom stereocenters. The van der Waals surface area contributed by atoms with Crippen LogP contribution in [0.25, 0.3) is 0 Å². The first-order valence-electron chi connectivity index (χ1n) is 8.01. The first kappa shape index (κ1) is 15.5. The molecule has 1 aromatic carbocycles. The lowest BCUT2D eigenvalue weighted by molar-refractivity contribution is 0.0284. The number of benzene rings is 1. The quantitative estimate of drug-likeness (QED) is 0.857. The summed E-state index contributed by atoms with van der Waals surface area (Å²) < 4.78 is 23.5. The van der Waals surface area contributed by atoms with Crippen molar-refractivity contribution in [2.24, 2.45) is 0 Å². The van der Waals surface area contributed by atoms with Gasteiger partial charge in [0.2, 0.25) is 0 Å². The number of hydrogen-bond donors (Lipinski definition) is 0. The molecule has 2 fully saturated rings. The van der Waals surface area contributed by atoms with Gasteiger partial charge in [-0.05, 0) is 63.1 Å². The Balaban J connectivity index is 1.95. The Morgan fingerprint density at radius 2 is 1.64 bits per heavy atom. The third-order valence-electron chi connectivity index (χ3n) is 5.04. The van der Waals surface area contributed by atoms with Crippen LogP contribution >= 0.6 is 0 Å². The molecule has 0 bridgehead atoms. The topological polar surface area (TPSA) is 54.5 Å². The van der Waals surface area contributed by atoms with Crippen molar-refractivity contribution in [3.05, 3.63) is 29.3 Å². The summed E-state index contributed by atoms with van der Waals surface area (Å²) in [5.74, 6) is 0.0115. The predicted octanol–water partition coefficient (Wildman–Crippen LogP) is 2.95. The molecule has 4 nitrogen and oxygen atoms in total. The monoisotopic (exact) mass is 321 g/mol. The maximum absolute atomic E-state index is 13.0. The minimum atomic E-state index is -3.30. The third kappa shape index (κ3) is 2.78. The summed E-state index contributed by atoms with van der Waals surface area (Å²) in [6, 6.07) is 5.57. The van der Waals surface area contributed by atoms with Crippen LogP contribution < -0.4 is 0 Å². The summed E-state index contributed by atoms with van der Waals surface area (Å²) in [4.78, 5) is 15.3. The number of rotatable bonds is 4. The van der Waals surface area contributed by atoms with Gasteiger partial charge in [-0.1, -0.05) is 6.07 Å². The van der Waals surface area contributed by atoms with Crippen molar-refractivity contribution in [3.63, 3.8) is 0 Å². The normalized spacial score (nSPS) is 19.4. The zero-order valence-electron chi connectivity index (χ0n) is 13.2. The largest absolute Gasteiger partial charge is 0.333 e. The van der Waals surface area contributed by atoms with E-state index in [4.69, 9.17) is 0 Å². The fourth-order valence-electron chi connectivity index (χ4n) is 3.16. The van der Waals surface area contributed by atoms with E-state index in [-0.39, 0.29) is 10.8 Å². The fraction of sp³-hybridized carbons (Fsp3) is 0.588. The van der Waals surface area contributed by atoms with E-state index in [1.54, 1.807) is 18.2 Å². The zero-order chi connectivity index (χ0) is 15.9. The SMILES string of the molecule is Cc1ccc(S(C)(=O)=O)cc1C(=O)N(C1CCC1)C1CCC1. The Kier molecular flexibility index (Phi) is 4.02. The summed E-state index contributed by atoms with van der Waals surface area (Å²) >= 11 is 0. The highest BCUT2D eigenvalue weighted by Gasteiger charge is 2.37. The molecule has 120 valence electrons. The Hall–Kier alpha value is -1.36. The van der Waals surface area contributed by atoms with Crippen LogP contribution in [-0.4, -0.2) is 37.6 Å². The first-order valence-corrected chi connectivity index (χ1v) is 9.90. The van der Waals surface area contributed by atoms with Crippen molar-refractivity contribution in [1.82, 2.24) is 4.90 Å². The molecule has 0 radical (unpaired) electrons. The minimum absolute atomic E-state index is 0.0115. The summed E-state index contributed by atoms with van der Waals surface area (Å²) in [6.07, 6.45) is 7.86. The molecule has 0 atom stereocenters. The molecule has 0 aliphatic heterocycles. The highest BCUT2D eigenvalue weighted by Crippen LogP contribution is 2.35. The molecule has 0 heterocycles. The first-order chi connectivity index (χ1) is 10.4. The number of amides is 1. The Bertz CT molecular complexity index is 674. The van der Waals surface area contributed by atoms with Crippen molar-refractivity contribution >= 4 is 15.7 Å². The van der Waals surface area contributed by atoms with Gasteiger partial charge in [0.15, 0.2) is 9.84 Å². The van der Waals surface area contributed by atoms with E-state index in [0.29, 0.717) is 17.6 Å². The van der Waals surface area contributed by atoms with Crippen LogP contribution in [0.1, 0.15) is 54.4 Å². The Labute approximate surface area is 132 Å². The van der Waals surface area contributed by atoms with Gasteiger partial charge in [0.1, 0.15) is 0 Å². The molecule has 0 N–H and O–H groups in total. The molecule has 2 saturated carbocycles. The maximum atomic E-state index is 13.0. The van der Waals surface area contributed by atoms with Gasteiger partial charge in [-0.3, -0.25) is 4.79 Å². The van der Waals surface area contributed by atoms with Crippen LogP contribution in [0, 0.1) is 6.92 Å². The van der Waals surface area contributed by atoms with Gasteiger partial charge in [0.05, 0.1) is 4.90 Å². The lowest BCUT2D eigenvalue weighted by Crippen LogP contribution is -2.52. The molecule has 3 rings (SSSR count). The molecule has 1 amide bonds. The van der Waals surface area contributed by atoms with E-state index in [1.807, 2.05) is 11.8 Å². The van der Waals surface area contributed by atoms with Crippen molar-refractivity contribution in [2.75, 3.05) is 6.26 Å². The number of carbonyl (C=O) groups excluding carboxylic acids is 1. The minimum Gasteiger partial charge on any atom is -0.333 e. The highest BCUT2D eigenvalue weighted by atomic mass is 32.2. The molecule has 0 saturated heterocycles. The molecule has 22 heavy (non-hydrogen) atoms. The number of sulfone groups is 1. The molecule has 5 heteroatoms. The second-order valence-electron chi connectivity index (χ2n) is 6.63. The van der Waals surface area contributed by atoms with E-state index in [1.165, 1.54) is 19.1 Å². The number of hydrogen-bond acceptors (Lipinski definition) is 3. The van der Waals surface area contributed by atoms with Gasteiger partial charge in [0.25, 0.3) is 5.91 Å². The van der Waals surface area contributed by atoms with E-state index >= 15 is 0 Å². The van der Waals surface area contributed by atoms with Crippen LogP contribution in [0.2, 0.25) is 0 Å².